The van der Waals surface area contributed by atoms with Crippen molar-refractivity contribution in [1.82, 2.24) is 4.90 Å². The molecule has 1 fully saturated rings. The summed E-state index contributed by atoms with van der Waals surface area (Å²) in [6, 6.07) is 17.9. The van der Waals surface area contributed by atoms with Gasteiger partial charge in [0.2, 0.25) is 0 Å². The van der Waals surface area contributed by atoms with Gasteiger partial charge in [0.1, 0.15) is 0 Å². The Morgan fingerprint density at radius 3 is 1.92 bits per heavy atom. The summed E-state index contributed by atoms with van der Waals surface area (Å²) >= 11 is 0. The minimum atomic E-state index is 0.896. The molecule has 0 amide bonds. The summed E-state index contributed by atoms with van der Waals surface area (Å²) in [5, 5.41) is 0. The van der Waals surface area contributed by atoms with Gasteiger partial charge in [0.25, 0.3) is 0 Å². The number of rotatable bonds is 5. The first-order chi connectivity index (χ1) is 12.4. The fourth-order valence-corrected chi connectivity index (χ4v) is 4.04. The van der Waals surface area contributed by atoms with Crippen LogP contribution in [0.5, 0.6) is 0 Å². The minimum absolute atomic E-state index is 0.896. The molecule has 0 aromatic heterocycles. The fourth-order valence-electron chi connectivity index (χ4n) is 4.04. The molecule has 2 aromatic rings. The molecular formula is C22H28N2O. The van der Waals surface area contributed by atoms with Crippen LogP contribution in [0.15, 0.2) is 48.5 Å². The van der Waals surface area contributed by atoms with Gasteiger partial charge in [-0.2, -0.15) is 0 Å². The summed E-state index contributed by atoms with van der Waals surface area (Å²) in [4.78, 5) is 5.09. The van der Waals surface area contributed by atoms with Gasteiger partial charge in [-0.1, -0.05) is 36.4 Å². The van der Waals surface area contributed by atoms with Crippen LogP contribution >= 0.6 is 0 Å². The van der Waals surface area contributed by atoms with E-state index in [0.717, 1.165) is 45.7 Å². The van der Waals surface area contributed by atoms with Crippen LogP contribution < -0.4 is 4.90 Å². The Balaban J connectivity index is 1.46. The number of morpholine rings is 1. The highest BCUT2D eigenvalue weighted by molar-refractivity contribution is 5.71. The van der Waals surface area contributed by atoms with Crippen molar-refractivity contribution < 1.29 is 4.74 Å². The predicted molar refractivity (Wildman–Crippen MR) is 104 cm³/mol. The third-order valence-electron chi connectivity index (χ3n) is 5.44. The van der Waals surface area contributed by atoms with Gasteiger partial charge in [-0.15, -0.1) is 0 Å². The number of aryl methyl sites for hydroxylation is 2. The second-order valence-electron chi connectivity index (χ2n) is 7.07. The Hall–Kier alpha value is -1.84. The van der Waals surface area contributed by atoms with Crippen LogP contribution in [0, 0.1) is 0 Å². The summed E-state index contributed by atoms with van der Waals surface area (Å²) in [5.41, 5.74) is 5.76. The largest absolute Gasteiger partial charge is 0.379 e. The van der Waals surface area contributed by atoms with E-state index in [-0.39, 0.29) is 0 Å². The number of benzene rings is 2. The van der Waals surface area contributed by atoms with E-state index in [9.17, 15) is 0 Å². The number of para-hydroxylation sites is 2. The molecule has 0 radical (unpaired) electrons. The van der Waals surface area contributed by atoms with Crippen molar-refractivity contribution in [2.45, 2.75) is 25.7 Å². The molecular weight excluding hydrogens is 308 g/mol. The number of nitrogens with zero attached hydrogens (tertiary/aromatic N) is 2. The van der Waals surface area contributed by atoms with Crippen LogP contribution in [0.2, 0.25) is 0 Å². The summed E-state index contributed by atoms with van der Waals surface area (Å²) in [6.07, 6.45) is 4.75. The van der Waals surface area contributed by atoms with Crippen LogP contribution in [0.3, 0.4) is 0 Å². The maximum atomic E-state index is 5.44. The molecule has 0 N–H and O–H groups in total. The van der Waals surface area contributed by atoms with E-state index in [1.807, 2.05) is 0 Å². The summed E-state index contributed by atoms with van der Waals surface area (Å²) in [5.74, 6) is 0. The Kier molecular flexibility index (Phi) is 5.34. The van der Waals surface area contributed by atoms with E-state index in [1.54, 1.807) is 0 Å². The van der Waals surface area contributed by atoms with Crippen LogP contribution in [0.1, 0.15) is 24.0 Å². The number of hydrogen-bond donors (Lipinski definition) is 0. The number of unbranched alkanes of at least 4 members (excludes halogenated alkanes) is 1. The number of fused-ring (bicyclic) bond motifs is 2. The average molecular weight is 336 g/mol. The first-order valence-corrected chi connectivity index (χ1v) is 9.65. The highest BCUT2D eigenvalue weighted by Crippen LogP contribution is 2.35. The van der Waals surface area contributed by atoms with E-state index >= 15 is 0 Å². The average Bonchev–Trinajstić information content (AvgIpc) is 2.83. The summed E-state index contributed by atoms with van der Waals surface area (Å²) < 4.78 is 5.44. The van der Waals surface area contributed by atoms with E-state index in [2.05, 4.69) is 58.3 Å². The SMILES string of the molecule is c1ccc2c(c1)CCc1ccccc1N2CCCCN1CCOCC1. The minimum Gasteiger partial charge on any atom is -0.379 e. The van der Waals surface area contributed by atoms with Crippen molar-refractivity contribution in [3.8, 4) is 0 Å². The van der Waals surface area contributed by atoms with Gasteiger partial charge in [0.15, 0.2) is 0 Å². The molecule has 0 atom stereocenters. The predicted octanol–water partition coefficient (Wildman–Crippen LogP) is 4.04. The van der Waals surface area contributed by atoms with E-state index in [0.29, 0.717) is 0 Å². The molecule has 3 nitrogen and oxygen atoms in total. The molecule has 0 bridgehead atoms. The normalized spacial score (nSPS) is 17.7. The van der Waals surface area contributed by atoms with Gasteiger partial charge in [-0.25, -0.2) is 0 Å². The van der Waals surface area contributed by atoms with Gasteiger partial charge >= 0.3 is 0 Å². The summed E-state index contributed by atoms with van der Waals surface area (Å²) in [7, 11) is 0. The monoisotopic (exact) mass is 336 g/mol. The molecule has 0 aliphatic carbocycles. The molecule has 25 heavy (non-hydrogen) atoms. The standard InChI is InChI=1S/C22H28N2O/c1-3-9-21-19(7-1)11-12-20-8-2-4-10-22(20)24(21)14-6-5-13-23-15-17-25-18-16-23/h1-4,7-10H,5-6,11-18H2. The Labute approximate surface area is 151 Å². The van der Waals surface area contributed by atoms with E-state index < -0.39 is 0 Å². The van der Waals surface area contributed by atoms with Gasteiger partial charge in [0, 0.05) is 31.0 Å². The van der Waals surface area contributed by atoms with E-state index in [1.165, 1.54) is 41.9 Å². The van der Waals surface area contributed by atoms with Crippen LogP contribution in [0.25, 0.3) is 0 Å². The molecule has 2 aliphatic rings. The first kappa shape index (κ1) is 16.6. The fraction of sp³-hybridized carbons (Fsp3) is 0.455. The number of ether oxygens (including phenoxy) is 1. The van der Waals surface area contributed by atoms with Crippen LogP contribution in [-0.2, 0) is 17.6 Å². The van der Waals surface area contributed by atoms with Crippen molar-refractivity contribution in [1.29, 1.82) is 0 Å². The molecule has 0 spiro atoms. The quantitative estimate of drug-likeness (QED) is 0.767. The molecule has 2 aliphatic heterocycles. The zero-order valence-electron chi connectivity index (χ0n) is 15.0. The maximum Gasteiger partial charge on any atom is 0.0594 e. The van der Waals surface area contributed by atoms with Crippen molar-refractivity contribution in [3.05, 3.63) is 59.7 Å². The van der Waals surface area contributed by atoms with Crippen molar-refractivity contribution in [2.24, 2.45) is 0 Å². The van der Waals surface area contributed by atoms with Crippen molar-refractivity contribution in [2.75, 3.05) is 44.3 Å². The second kappa shape index (κ2) is 8.03. The van der Waals surface area contributed by atoms with Crippen molar-refractivity contribution >= 4 is 11.4 Å². The Morgan fingerprint density at radius 2 is 1.28 bits per heavy atom. The maximum absolute atomic E-state index is 5.44. The van der Waals surface area contributed by atoms with Crippen LogP contribution in [0.4, 0.5) is 11.4 Å². The molecule has 3 heteroatoms. The Morgan fingerprint density at radius 1 is 0.720 bits per heavy atom. The lowest BCUT2D eigenvalue weighted by Gasteiger charge is -2.29. The third-order valence-corrected chi connectivity index (χ3v) is 5.44. The molecule has 2 aromatic carbocycles. The number of hydrogen-bond acceptors (Lipinski definition) is 3. The third kappa shape index (κ3) is 3.88. The molecule has 0 unspecified atom stereocenters. The van der Waals surface area contributed by atoms with E-state index in [4.69, 9.17) is 4.74 Å². The molecule has 4 rings (SSSR count). The topological polar surface area (TPSA) is 15.7 Å². The molecule has 132 valence electrons. The van der Waals surface area contributed by atoms with Crippen molar-refractivity contribution in [3.63, 3.8) is 0 Å². The Bertz CT molecular complexity index is 646. The van der Waals surface area contributed by atoms with Crippen LogP contribution in [-0.4, -0.2) is 44.3 Å². The molecule has 1 saturated heterocycles. The smallest absolute Gasteiger partial charge is 0.0594 e. The zero-order chi connectivity index (χ0) is 16.9. The number of anilines is 2. The van der Waals surface area contributed by atoms with Gasteiger partial charge in [0.05, 0.1) is 13.2 Å². The van der Waals surface area contributed by atoms with Gasteiger partial charge in [-0.05, 0) is 55.5 Å². The highest BCUT2D eigenvalue weighted by Gasteiger charge is 2.19. The summed E-state index contributed by atoms with van der Waals surface area (Å²) in [6.45, 7) is 6.27. The zero-order valence-corrected chi connectivity index (χ0v) is 15.0. The second-order valence-corrected chi connectivity index (χ2v) is 7.07. The van der Waals surface area contributed by atoms with Gasteiger partial charge in [-0.3, -0.25) is 4.90 Å². The lowest BCUT2D eigenvalue weighted by Crippen LogP contribution is -2.37. The highest BCUT2D eigenvalue weighted by atomic mass is 16.5. The first-order valence-electron chi connectivity index (χ1n) is 9.65. The molecule has 2 heterocycles. The lowest BCUT2D eigenvalue weighted by molar-refractivity contribution is 0.0373. The lowest BCUT2D eigenvalue weighted by atomic mass is 10.0. The molecule has 0 saturated carbocycles. The van der Waals surface area contributed by atoms with Gasteiger partial charge < -0.3 is 9.64 Å².